The second-order valence-corrected chi connectivity index (χ2v) is 4.43. The Balaban J connectivity index is 4.35. The Morgan fingerprint density at radius 2 is 1.16 bits per heavy atom. The standard InChI is InChI=1S/C15H22N2O8/c1-3-24-14(22)10(12(18)19)8-16-6-5-7-17-9-11(13(20)21)15(23)25-4-2/h8-9,16-17H,3-7H2,1-2H3,(H,18,19)(H,20,21)/b10-8+,11-9+. The number of carboxylic acid groups (broad SMARTS) is 2. The summed E-state index contributed by atoms with van der Waals surface area (Å²) >= 11 is 0. The molecule has 0 saturated carbocycles. The fraction of sp³-hybridized carbons (Fsp3) is 0.467. The first kappa shape index (κ1) is 22.0. The lowest BCUT2D eigenvalue weighted by Crippen LogP contribution is -2.22. The van der Waals surface area contributed by atoms with Gasteiger partial charge in [0.25, 0.3) is 0 Å². The molecule has 0 aliphatic rings. The Hall–Kier alpha value is -3.04. The Morgan fingerprint density at radius 3 is 1.44 bits per heavy atom. The number of hydrogen-bond donors (Lipinski definition) is 4. The molecule has 0 atom stereocenters. The molecule has 0 aromatic heterocycles. The van der Waals surface area contributed by atoms with E-state index in [1.807, 2.05) is 0 Å². The van der Waals surface area contributed by atoms with E-state index in [-0.39, 0.29) is 13.2 Å². The van der Waals surface area contributed by atoms with Crippen LogP contribution in [0.25, 0.3) is 0 Å². The molecule has 0 amide bonds. The number of carboxylic acids is 2. The Kier molecular flexibility index (Phi) is 10.9. The van der Waals surface area contributed by atoms with E-state index in [2.05, 4.69) is 20.1 Å². The first-order valence-electron chi connectivity index (χ1n) is 7.53. The summed E-state index contributed by atoms with van der Waals surface area (Å²) in [5.74, 6) is -4.70. The number of nitrogens with one attached hydrogen (secondary N) is 2. The molecule has 0 saturated heterocycles. The van der Waals surface area contributed by atoms with Crippen molar-refractivity contribution in [3.8, 4) is 0 Å². The van der Waals surface area contributed by atoms with Crippen molar-refractivity contribution in [2.75, 3.05) is 26.3 Å². The zero-order valence-electron chi connectivity index (χ0n) is 14.0. The number of esters is 2. The summed E-state index contributed by atoms with van der Waals surface area (Å²) in [5.41, 5.74) is -1.05. The summed E-state index contributed by atoms with van der Waals surface area (Å²) in [6.45, 7) is 3.85. The van der Waals surface area contributed by atoms with Gasteiger partial charge in [0.2, 0.25) is 0 Å². The van der Waals surface area contributed by atoms with Crippen molar-refractivity contribution in [2.24, 2.45) is 0 Å². The molecule has 0 rings (SSSR count). The molecule has 4 N–H and O–H groups in total. The molecule has 0 fully saturated rings. The van der Waals surface area contributed by atoms with Crippen LogP contribution < -0.4 is 10.6 Å². The molecular formula is C15H22N2O8. The summed E-state index contributed by atoms with van der Waals surface area (Å²) in [6.07, 6.45) is 2.54. The van der Waals surface area contributed by atoms with Crippen LogP contribution in [0.15, 0.2) is 23.5 Å². The summed E-state index contributed by atoms with van der Waals surface area (Å²) in [7, 11) is 0. The highest BCUT2D eigenvalue weighted by Gasteiger charge is 2.19. The van der Waals surface area contributed by atoms with Crippen molar-refractivity contribution in [1.82, 2.24) is 10.6 Å². The topological polar surface area (TPSA) is 151 Å². The lowest BCUT2D eigenvalue weighted by atomic mass is 10.3. The fourth-order valence-electron chi connectivity index (χ4n) is 1.47. The van der Waals surface area contributed by atoms with Crippen LogP contribution in [-0.4, -0.2) is 60.4 Å². The van der Waals surface area contributed by atoms with Crippen molar-refractivity contribution in [2.45, 2.75) is 20.3 Å². The number of carbonyl (C=O) groups excluding carboxylic acids is 2. The third kappa shape index (κ3) is 8.98. The highest BCUT2D eigenvalue weighted by Crippen LogP contribution is 1.98. The van der Waals surface area contributed by atoms with Gasteiger partial charge in [-0.2, -0.15) is 0 Å². The Labute approximate surface area is 144 Å². The van der Waals surface area contributed by atoms with E-state index < -0.39 is 35.0 Å². The van der Waals surface area contributed by atoms with E-state index in [4.69, 9.17) is 10.2 Å². The maximum atomic E-state index is 11.4. The third-order valence-corrected chi connectivity index (χ3v) is 2.59. The molecule has 140 valence electrons. The zero-order chi connectivity index (χ0) is 19.2. The van der Waals surface area contributed by atoms with E-state index in [0.717, 1.165) is 12.4 Å². The van der Waals surface area contributed by atoms with Crippen LogP contribution in [0.5, 0.6) is 0 Å². The summed E-state index contributed by atoms with van der Waals surface area (Å²) in [6, 6.07) is 0. The first-order valence-corrected chi connectivity index (χ1v) is 7.53. The van der Waals surface area contributed by atoms with Gasteiger partial charge >= 0.3 is 23.9 Å². The average molecular weight is 358 g/mol. The van der Waals surface area contributed by atoms with Crippen LogP contribution in [-0.2, 0) is 28.7 Å². The van der Waals surface area contributed by atoms with Crippen LogP contribution in [0, 0.1) is 0 Å². The van der Waals surface area contributed by atoms with Gasteiger partial charge in [-0.25, -0.2) is 19.2 Å². The van der Waals surface area contributed by atoms with Crippen LogP contribution in [0.2, 0.25) is 0 Å². The van der Waals surface area contributed by atoms with E-state index >= 15 is 0 Å². The SMILES string of the molecule is CCOC(=O)/C(=C/NCCCN/C=C(\C(=O)O)C(=O)OCC)C(=O)O. The Bertz CT molecular complexity index is 506. The lowest BCUT2D eigenvalue weighted by molar-refractivity contribution is -0.145. The average Bonchev–Trinajstić information content (AvgIpc) is 2.52. The van der Waals surface area contributed by atoms with Gasteiger partial charge in [-0.3, -0.25) is 0 Å². The van der Waals surface area contributed by atoms with Gasteiger partial charge in [0, 0.05) is 25.5 Å². The largest absolute Gasteiger partial charge is 0.477 e. The molecule has 0 bridgehead atoms. The van der Waals surface area contributed by atoms with Crippen LogP contribution in [0.1, 0.15) is 20.3 Å². The fourth-order valence-corrected chi connectivity index (χ4v) is 1.47. The van der Waals surface area contributed by atoms with Crippen LogP contribution >= 0.6 is 0 Å². The van der Waals surface area contributed by atoms with Crippen LogP contribution in [0.3, 0.4) is 0 Å². The van der Waals surface area contributed by atoms with Crippen LogP contribution in [0.4, 0.5) is 0 Å². The minimum atomic E-state index is -1.41. The number of hydrogen-bond acceptors (Lipinski definition) is 8. The van der Waals surface area contributed by atoms with Gasteiger partial charge in [-0.1, -0.05) is 0 Å². The quantitative estimate of drug-likeness (QED) is 0.119. The molecule has 0 aliphatic carbocycles. The second-order valence-electron chi connectivity index (χ2n) is 4.43. The summed E-state index contributed by atoms with van der Waals surface area (Å²) < 4.78 is 9.21. The van der Waals surface area contributed by atoms with Gasteiger partial charge in [-0.15, -0.1) is 0 Å². The first-order chi connectivity index (χ1) is 11.8. The highest BCUT2D eigenvalue weighted by atomic mass is 16.5. The number of aliphatic carboxylic acids is 2. The highest BCUT2D eigenvalue weighted by molar-refractivity contribution is 6.13. The molecule has 0 aromatic rings. The van der Waals surface area contributed by atoms with Gasteiger partial charge in [-0.05, 0) is 20.3 Å². The maximum Gasteiger partial charge on any atom is 0.347 e. The van der Waals surface area contributed by atoms with Gasteiger partial charge in [0.1, 0.15) is 0 Å². The molecule has 25 heavy (non-hydrogen) atoms. The molecule has 0 unspecified atom stereocenters. The summed E-state index contributed by atoms with van der Waals surface area (Å²) in [5, 5.41) is 23.1. The van der Waals surface area contributed by atoms with E-state index in [1.54, 1.807) is 13.8 Å². The molecule has 0 heterocycles. The normalized spacial score (nSPS) is 11.4. The van der Waals surface area contributed by atoms with Crippen molar-refractivity contribution >= 4 is 23.9 Å². The summed E-state index contributed by atoms with van der Waals surface area (Å²) in [4.78, 5) is 44.6. The van der Waals surface area contributed by atoms with Crippen molar-refractivity contribution in [3.05, 3.63) is 23.5 Å². The monoisotopic (exact) mass is 358 g/mol. The molecule has 10 heteroatoms. The van der Waals surface area contributed by atoms with E-state index in [9.17, 15) is 19.2 Å². The van der Waals surface area contributed by atoms with Gasteiger partial charge in [0.05, 0.1) is 13.2 Å². The minimum Gasteiger partial charge on any atom is -0.477 e. The van der Waals surface area contributed by atoms with Gasteiger partial charge in [0.15, 0.2) is 11.1 Å². The smallest absolute Gasteiger partial charge is 0.347 e. The van der Waals surface area contributed by atoms with E-state index in [1.165, 1.54) is 0 Å². The van der Waals surface area contributed by atoms with Crippen molar-refractivity contribution < 1.29 is 38.9 Å². The molecule has 0 spiro atoms. The molecular weight excluding hydrogens is 336 g/mol. The van der Waals surface area contributed by atoms with E-state index in [0.29, 0.717) is 19.5 Å². The molecule has 0 aromatic carbocycles. The van der Waals surface area contributed by atoms with Crippen molar-refractivity contribution in [1.29, 1.82) is 0 Å². The van der Waals surface area contributed by atoms with Crippen molar-refractivity contribution in [3.63, 3.8) is 0 Å². The minimum absolute atomic E-state index is 0.0616. The van der Waals surface area contributed by atoms with Gasteiger partial charge < -0.3 is 30.3 Å². The lowest BCUT2D eigenvalue weighted by Gasteiger charge is -2.06. The predicted octanol–water partition coefficient (Wildman–Crippen LogP) is -0.381. The number of carbonyl (C=O) groups is 4. The number of ether oxygens (including phenoxy) is 2. The molecule has 0 aliphatic heterocycles. The molecule has 0 radical (unpaired) electrons. The second kappa shape index (κ2) is 12.4. The maximum absolute atomic E-state index is 11.4. The number of rotatable bonds is 12. The predicted molar refractivity (Wildman–Crippen MR) is 85.3 cm³/mol. The third-order valence-electron chi connectivity index (χ3n) is 2.59. The molecule has 10 nitrogen and oxygen atoms in total. The Morgan fingerprint density at radius 1 is 0.800 bits per heavy atom. The zero-order valence-corrected chi connectivity index (χ0v) is 14.0.